The summed E-state index contributed by atoms with van der Waals surface area (Å²) in [5, 5.41) is 20.6. The quantitative estimate of drug-likeness (QED) is 0.503. The Morgan fingerprint density at radius 1 is 1.04 bits per heavy atom. The van der Waals surface area contributed by atoms with Crippen LogP contribution < -0.4 is 10.5 Å². The lowest BCUT2D eigenvalue weighted by Crippen LogP contribution is -2.48. The van der Waals surface area contributed by atoms with Gasteiger partial charge in [-0.3, -0.25) is 15.1 Å². The van der Waals surface area contributed by atoms with E-state index in [0.29, 0.717) is 0 Å². The van der Waals surface area contributed by atoms with Crippen LogP contribution in [0, 0.1) is 10.1 Å². The second-order valence-corrected chi connectivity index (χ2v) is 5.92. The summed E-state index contributed by atoms with van der Waals surface area (Å²) in [4.78, 5) is 10.3. The zero-order valence-electron chi connectivity index (χ0n) is 13.3. The van der Waals surface area contributed by atoms with E-state index in [0.717, 1.165) is 11.4 Å². The van der Waals surface area contributed by atoms with Crippen molar-refractivity contribution in [3.05, 3.63) is 64.7 Å². The lowest BCUT2D eigenvalue weighted by molar-refractivity contribution is -0.384. The highest BCUT2D eigenvalue weighted by Gasteiger charge is 2.22. The first-order valence-corrected chi connectivity index (χ1v) is 7.14. The fourth-order valence-electron chi connectivity index (χ4n) is 1.94. The maximum atomic E-state index is 10.8. The molecule has 0 aliphatic heterocycles. The van der Waals surface area contributed by atoms with Gasteiger partial charge in [-0.15, -0.1) is 5.11 Å². The summed E-state index contributed by atoms with van der Waals surface area (Å²) in [6.45, 7) is 6.00. The zero-order valence-corrected chi connectivity index (χ0v) is 13.3. The third-order valence-electron chi connectivity index (χ3n) is 3.06. The van der Waals surface area contributed by atoms with Crippen LogP contribution in [0.4, 0.5) is 17.1 Å². The molecule has 2 aromatic rings. The van der Waals surface area contributed by atoms with Crippen LogP contribution in [-0.4, -0.2) is 10.5 Å². The number of nitrogens with zero attached hydrogens (tertiary/aromatic N) is 4. The van der Waals surface area contributed by atoms with Crippen molar-refractivity contribution in [2.24, 2.45) is 10.3 Å². The monoisotopic (exact) mass is 313 g/mol. The molecule has 0 fully saturated rings. The average molecular weight is 313 g/mol. The second kappa shape index (κ2) is 6.87. The number of hydrogen-bond acceptors (Lipinski definition) is 5. The Kier molecular flexibility index (Phi) is 4.90. The van der Waals surface area contributed by atoms with Crippen LogP contribution in [0.25, 0.3) is 0 Å². The van der Waals surface area contributed by atoms with E-state index in [4.69, 9.17) is 0 Å². The van der Waals surface area contributed by atoms with Crippen molar-refractivity contribution in [1.29, 1.82) is 0 Å². The first-order valence-electron chi connectivity index (χ1n) is 7.14. The van der Waals surface area contributed by atoms with Crippen LogP contribution in [0.5, 0.6) is 0 Å². The van der Waals surface area contributed by atoms with Crippen LogP contribution >= 0.6 is 0 Å². The molecule has 0 spiro atoms. The molecule has 0 aliphatic carbocycles. The number of rotatable bonds is 5. The molecule has 7 nitrogen and oxygen atoms in total. The van der Waals surface area contributed by atoms with E-state index in [2.05, 4.69) is 15.9 Å². The number of hydrogen-bond donors (Lipinski definition) is 1. The smallest absolute Gasteiger partial charge is 0.266 e. The molecule has 7 heteroatoms. The molecule has 120 valence electrons. The fraction of sp³-hybridized carbons (Fsp3) is 0.250. The van der Waals surface area contributed by atoms with Gasteiger partial charge >= 0.3 is 0 Å². The van der Waals surface area contributed by atoms with E-state index in [9.17, 15) is 10.1 Å². The summed E-state index contributed by atoms with van der Waals surface area (Å²) in [7, 11) is 0. The van der Waals surface area contributed by atoms with Gasteiger partial charge in [0.1, 0.15) is 0 Å². The van der Waals surface area contributed by atoms with Crippen molar-refractivity contribution in [3.8, 4) is 0 Å². The summed E-state index contributed by atoms with van der Waals surface area (Å²) in [5.41, 5.74) is 4.14. The molecular formula is C16H19N5O2. The predicted octanol–water partition coefficient (Wildman–Crippen LogP) is 4.40. The van der Waals surface area contributed by atoms with Crippen LogP contribution in [-0.2, 0) is 0 Å². The molecule has 0 heterocycles. The van der Waals surface area contributed by atoms with Gasteiger partial charge in [-0.2, -0.15) is 5.53 Å². The van der Waals surface area contributed by atoms with Crippen molar-refractivity contribution in [2.75, 3.05) is 5.01 Å². The van der Waals surface area contributed by atoms with E-state index >= 15 is 0 Å². The van der Waals surface area contributed by atoms with Crippen LogP contribution in [0.15, 0.2) is 64.9 Å². The first kappa shape index (κ1) is 16.4. The van der Waals surface area contributed by atoms with Crippen LogP contribution in [0.2, 0.25) is 0 Å². The van der Waals surface area contributed by atoms with Gasteiger partial charge in [-0.05, 0) is 45.0 Å². The highest BCUT2D eigenvalue weighted by atomic mass is 16.6. The van der Waals surface area contributed by atoms with Crippen molar-refractivity contribution in [3.63, 3.8) is 0 Å². The van der Waals surface area contributed by atoms with Gasteiger partial charge in [0.15, 0.2) is 0 Å². The predicted molar refractivity (Wildman–Crippen MR) is 89.4 cm³/mol. The molecule has 0 saturated heterocycles. The molecule has 23 heavy (non-hydrogen) atoms. The molecule has 0 amide bonds. The summed E-state index contributed by atoms with van der Waals surface area (Å²) < 4.78 is 0. The molecule has 0 bridgehead atoms. The number of non-ortho nitro benzene ring substituents is 1. The number of hydrazine groups is 1. The minimum absolute atomic E-state index is 0.0496. The minimum atomic E-state index is -0.423. The Morgan fingerprint density at radius 2 is 1.65 bits per heavy atom. The standard InChI is InChI=1S/C16H19N5O2/c1-16(2,3)20(14-9-11-15(12-10-14)21(22)23)19-18-17-13-7-5-4-6-8-13/h4-12H,1-3H3,(H,17,19). The van der Waals surface area contributed by atoms with E-state index in [1.54, 1.807) is 17.1 Å². The SMILES string of the molecule is CC(C)(C)N(NN=Nc1ccccc1)c1ccc([N+](=O)[O-])cc1. The van der Waals surface area contributed by atoms with Gasteiger partial charge in [0.2, 0.25) is 0 Å². The Bertz CT molecular complexity index is 678. The van der Waals surface area contributed by atoms with Crippen molar-refractivity contribution in [2.45, 2.75) is 26.3 Å². The zero-order chi connectivity index (χ0) is 16.9. The molecule has 0 aliphatic rings. The van der Waals surface area contributed by atoms with E-state index < -0.39 is 4.92 Å². The summed E-state index contributed by atoms with van der Waals surface area (Å²) in [6, 6.07) is 15.6. The number of nitro benzene ring substituents is 1. The van der Waals surface area contributed by atoms with Crippen LogP contribution in [0.1, 0.15) is 20.8 Å². The van der Waals surface area contributed by atoms with Gasteiger partial charge in [-0.25, -0.2) is 0 Å². The third kappa shape index (κ3) is 4.50. The largest absolute Gasteiger partial charge is 0.269 e. The lowest BCUT2D eigenvalue weighted by atomic mass is 10.1. The highest BCUT2D eigenvalue weighted by Crippen LogP contribution is 2.24. The van der Waals surface area contributed by atoms with Crippen molar-refractivity contribution in [1.82, 2.24) is 5.53 Å². The van der Waals surface area contributed by atoms with Gasteiger partial charge in [-0.1, -0.05) is 23.4 Å². The molecule has 0 unspecified atom stereocenters. The number of anilines is 1. The molecule has 0 saturated carbocycles. The Balaban J connectivity index is 2.17. The highest BCUT2D eigenvalue weighted by molar-refractivity contribution is 5.51. The molecular weight excluding hydrogens is 294 g/mol. The Morgan fingerprint density at radius 3 is 2.17 bits per heavy atom. The molecule has 2 aromatic carbocycles. The van der Waals surface area contributed by atoms with E-state index in [-0.39, 0.29) is 11.2 Å². The second-order valence-electron chi connectivity index (χ2n) is 5.92. The molecule has 1 N–H and O–H groups in total. The summed E-state index contributed by atoms with van der Waals surface area (Å²) in [5.74, 6) is 0. The molecule has 0 radical (unpaired) electrons. The Hall–Kier alpha value is -2.96. The number of nitrogens with one attached hydrogen (secondary N) is 1. The molecule has 0 atom stereocenters. The van der Waals surface area contributed by atoms with Gasteiger partial charge < -0.3 is 0 Å². The topological polar surface area (TPSA) is 83.1 Å². The summed E-state index contributed by atoms with van der Waals surface area (Å²) >= 11 is 0. The van der Waals surface area contributed by atoms with Crippen molar-refractivity contribution < 1.29 is 4.92 Å². The molecule has 2 rings (SSSR count). The van der Waals surface area contributed by atoms with Gasteiger partial charge in [0.05, 0.1) is 21.8 Å². The first-order chi connectivity index (χ1) is 10.9. The maximum Gasteiger partial charge on any atom is 0.269 e. The van der Waals surface area contributed by atoms with Crippen molar-refractivity contribution >= 4 is 17.1 Å². The molecule has 0 aromatic heterocycles. The average Bonchev–Trinajstić information content (AvgIpc) is 2.51. The summed E-state index contributed by atoms with van der Waals surface area (Å²) in [6.07, 6.45) is 0. The maximum absolute atomic E-state index is 10.8. The normalized spacial score (nSPS) is 11.4. The minimum Gasteiger partial charge on any atom is -0.266 e. The third-order valence-corrected chi connectivity index (χ3v) is 3.06. The lowest BCUT2D eigenvalue weighted by Gasteiger charge is -2.35. The number of nitro groups is 1. The number of benzene rings is 2. The van der Waals surface area contributed by atoms with Crippen LogP contribution in [0.3, 0.4) is 0 Å². The van der Waals surface area contributed by atoms with Gasteiger partial charge in [0, 0.05) is 12.1 Å². The van der Waals surface area contributed by atoms with Gasteiger partial charge in [0.25, 0.3) is 5.69 Å². The van der Waals surface area contributed by atoms with E-state index in [1.807, 2.05) is 51.1 Å². The Labute approximate surface area is 134 Å². The fourth-order valence-corrected chi connectivity index (χ4v) is 1.94. The van der Waals surface area contributed by atoms with E-state index in [1.165, 1.54) is 12.1 Å².